The maximum Gasteiger partial charge on any atom is 0.235 e. The van der Waals surface area contributed by atoms with Crippen LogP contribution in [0.2, 0.25) is 0 Å². The molecule has 9 rings (SSSR count). The van der Waals surface area contributed by atoms with Crippen molar-refractivity contribution in [3.8, 4) is 17.2 Å². The van der Waals surface area contributed by atoms with Crippen LogP contribution in [-0.4, -0.2) is 14.5 Å². The first-order valence-electron chi connectivity index (χ1n) is 16.9. The summed E-state index contributed by atoms with van der Waals surface area (Å²) in [5.74, 6) is 2.52. The molecule has 3 heterocycles. The summed E-state index contributed by atoms with van der Waals surface area (Å²) in [5.41, 5.74) is 8.18. The third-order valence-corrected chi connectivity index (χ3v) is 11.4. The first kappa shape index (κ1) is 28.4. The van der Waals surface area contributed by atoms with Crippen molar-refractivity contribution in [3.05, 3.63) is 133 Å². The van der Waals surface area contributed by atoms with Crippen LogP contribution in [-0.2, 0) is 0 Å². The minimum absolute atomic E-state index is 0.178. The van der Waals surface area contributed by atoms with E-state index in [0.717, 1.165) is 40.4 Å². The first-order valence-corrected chi connectivity index (χ1v) is 17.7. The van der Waals surface area contributed by atoms with Crippen LogP contribution >= 0.6 is 11.3 Å². The number of nitrogens with zero attached hydrogens (tertiary/aromatic N) is 3. The van der Waals surface area contributed by atoms with Gasteiger partial charge in [-0.25, -0.2) is 9.97 Å². The zero-order chi connectivity index (χ0) is 31.6. The van der Waals surface area contributed by atoms with Gasteiger partial charge in [-0.1, -0.05) is 118 Å². The molecule has 0 spiro atoms. The van der Waals surface area contributed by atoms with Gasteiger partial charge in [-0.05, 0) is 66.0 Å². The molecule has 0 bridgehead atoms. The Morgan fingerprint density at radius 1 is 0.723 bits per heavy atom. The number of hydrogen-bond acceptors (Lipinski definition) is 3. The van der Waals surface area contributed by atoms with Crippen molar-refractivity contribution in [3.63, 3.8) is 0 Å². The number of thiophene rings is 1. The van der Waals surface area contributed by atoms with Crippen molar-refractivity contribution in [1.82, 2.24) is 14.5 Å². The summed E-state index contributed by atoms with van der Waals surface area (Å²) < 4.78 is 4.99. The smallest absolute Gasteiger partial charge is 0.235 e. The molecule has 0 N–H and O–H groups in total. The van der Waals surface area contributed by atoms with Crippen LogP contribution in [0.25, 0.3) is 64.8 Å². The van der Waals surface area contributed by atoms with E-state index in [-0.39, 0.29) is 5.92 Å². The van der Waals surface area contributed by atoms with Gasteiger partial charge in [0.1, 0.15) is 0 Å². The second-order valence-corrected chi connectivity index (χ2v) is 14.8. The number of benzene rings is 4. The lowest BCUT2D eigenvalue weighted by Crippen LogP contribution is -2.13. The highest BCUT2D eigenvalue weighted by atomic mass is 32.1. The average molecular weight is 628 g/mol. The Morgan fingerprint density at radius 2 is 1.53 bits per heavy atom. The Kier molecular flexibility index (Phi) is 6.76. The molecule has 0 fully saturated rings. The van der Waals surface area contributed by atoms with Gasteiger partial charge in [0.05, 0.1) is 22.4 Å². The minimum atomic E-state index is 0.178. The lowest BCUT2D eigenvalue weighted by atomic mass is 9.82. The number of aromatic nitrogens is 3. The van der Waals surface area contributed by atoms with Gasteiger partial charge in [-0.3, -0.25) is 4.57 Å². The lowest BCUT2D eigenvalue weighted by molar-refractivity contribution is 0.457. The number of allylic oxidation sites excluding steroid dienone is 6. The summed E-state index contributed by atoms with van der Waals surface area (Å²) in [5, 5.41) is 5.17. The van der Waals surface area contributed by atoms with Gasteiger partial charge >= 0.3 is 0 Å². The van der Waals surface area contributed by atoms with Crippen LogP contribution in [0.3, 0.4) is 0 Å². The van der Waals surface area contributed by atoms with E-state index in [1.165, 1.54) is 48.5 Å². The normalized spacial score (nSPS) is 21.3. The predicted octanol–water partition coefficient (Wildman–Crippen LogP) is 11.9. The van der Waals surface area contributed by atoms with Gasteiger partial charge in [0, 0.05) is 42.4 Å². The van der Waals surface area contributed by atoms with Crippen molar-refractivity contribution < 1.29 is 0 Å². The molecule has 0 amide bonds. The monoisotopic (exact) mass is 627 g/mol. The average Bonchev–Trinajstić information content (AvgIpc) is 3.63. The van der Waals surface area contributed by atoms with Crippen LogP contribution < -0.4 is 0 Å². The van der Waals surface area contributed by atoms with Gasteiger partial charge < -0.3 is 0 Å². The molecule has 4 unspecified atom stereocenters. The molecule has 2 aliphatic rings. The summed E-state index contributed by atoms with van der Waals surface area (Å²) in [6.45, 7) is 7.01. The fourth-order valence-electron chi connectivity index (χ4n) is 8.05. The van der Waals surface area contributed by atoms with E-state index in [1.807, 2.05) is 11.3 Å². The zero-order valence-corrected chi connectivity index (χ0v) is 27.8. The van der Waals surface area contributed by atoms with Crippen molar-refractivity contribution in [2.75, 3.05) is 0 Å². The maximum absolute atomic E-state index is 5.42. The number of hydrogen-bond donors (Lipinski definition) is 0. The Bertz CT molecular complexity index is 2420. The van der Waals surface area contributed by atoms with Crippen molar-refractivity contribution in [2.45, 2.75) is 39.5 Å². The van der Waals surface area contributed by atoms with Crippen LogP contribution in [0.15, 0.2) is 121 Å². The van der Waals surface area contributed by atoms with E-state index >= 15 is 0 Å². The molecule has 7 aromatic rings. The van der Waals surface area contributed by atoms with E-state index in [0.29, 0.717) is 17.8 Å². The summed E-state index contributed by atoms with van der Waals surface area (Å²) in [4.78, 5) is 10.8. The zero-order valence-electron chi connectivity index (χ0n) is 27.0. The van der Waals surface area contributed by atoms with Crippen molar-refractivity contribution >= 4 is 58.9 Å². The lowest BCUT2D eigenvalue weighted by Gasteiger charge is -2.24. The quantitative estimate of drug-likeness (QED) is 0.194. The molecule has 0 saturated heterocycles. The van der Waals surface area contributed by atoms with E-state index in [9.17, 15) is 0 Å². The SMILES string of the molecule is CC1C=C(c2ccc3c4c5sc6ccccc6c5ccc4n(-c4nc(-c5ccccc5)cc(C5C=CC=CC5C)n4)c3c2)CC(C)C1. The fourth-order valence-corrected chi connectivity index (χ4v) is 9.31. The second-order valence-electron chi connectivity index (χ2n) is 13.7. The van der Waals surface area contributed by atoms with Gasteiger partial charge in [0.25, 0.3) is 0 Å². The molecular formula is C43H37N3S. The minimum Gasteiger partial charge on any atom is -0.278 e. The largest absolute Gasteiger partial charge is 0.278 e. The third-order valence-electron chi connectivity index (χ3n) is 10.2. The summed E-state index contributed by atoms with van der Waals surface area (Å²) in [6.07, 6.45) is 13.7. The molecule has 4 aromatic carbocycles. The van der Waals surface area contributed by atoms with E-state index in [2.05, 4.69) is 147 Å². The molecule has 0 aliphatic heterocycles. The predicted molar refractivity (Wildman–Crippen MR) is 200 cm³/mol. The topological polar surface area (TPSA) is 30.7 Å². The number of fused-ring (bicyclic) bond motifs is 7. The van der Waals surface area contributed by atoms with E-state index in [4.69, 9.17) is 9.97 Å². The van der Waals surface area contributed by atoms with Crippen LogP contribution in [0.1, 0.15) is 50.8 Å². The Balaban J connectivity index is 1.37. The molecule has 3 aromatic heterocycles. The highest BCUT2D eigenvalue weighted by Crippen LogP contribution is 2.44. The van der Waals surface area contributed by atoms with Crippen molar-refractivity contribution in [2.24, 2.45) is 17.8 Å². The van der Waals surface area contributed by atoms with Crippen LogP contribution in [0, 0.1) is 17.8 Å². The summed E-state index contributed by atoms with van der Waals surface area (Å²) in [6, 6.07) is 33.3. The standard InChI is InChI=1S/C43H37N3S/c1-26-21-27(2)23-31(22-26)30-17-18-35-39(24-30)46(38-20-19-34-33-15-9-10-16-40(33)47-42(34)41(35)38)43-44-36(29-12-5-4-6-13-29)25-37(45-43)32-14-8-7-11-28(32)3/h4-20,22,24-28,32H,21,23H2,1-3H3. The van der Waals surface area contributed by atoms with Crippen molar-refractivity contribution in [1.29, 1.82) is 0 Å². The van der Waals surface area contributed by atoms with E-state index in [1.54, 1.807) is 0 Å². The molecule has 230 valence electrons. The molecule has 4 heteroatoms. The summed E-state index contributed by atoms with van der Waals surface area (Å²) >= 11 is 1.89. The molecule has 4 atom stereocenters. The molecule has 3 nitrogen and oxygen atoms in total. The Hall–Kier alpha value is -4.80. The Morgan fingerprint density at radius 3 is 2.38 bits per heavy atom. The van der Waals surface area contributed by atoms with Gasteiger partial charge in [0.2, 0.25) is 5.95 Å². The maximum atomic E-state index is 5.42. The second kappa shape index (κ2) is 11.2. The first-order chi connectivity index (χ1) is 23.0. The third kappa shape index (κ3) is 4.77. The highest BCUT2D eigenvalue weighted by molar-refractivity contribution is 7.26. The van der Waals surface area contributed by atoms with Crippen LogP contribution in [0.5, 0.6) is 0 Å². The molecule has 47 heavy (non-hydrogen) atoms. The molecule has 2 aliphatic carbocycles. The van der Waals surface area contributed by atoms with Gasteiger partial charge in [-0.2, -0.15) is 0 Å². The van der Waals surface area contributed by atoms with Gasteiger partial charge in [0.15, 0.2) is 0 Å². The van der Waals surface area contributed by atoms with Gasteiger partial charge in [-0.15, -0.1) is 11.3 Å². The molecule has 0 saturated carbocycles. The molecule has 0 radical (unpaired) electrons. The summed E-state index contributed by atoms with van der Waals surface area (Å²) in [7, 11) is 0. The Labute approximate surface area is 279 Å². The molecular weight excluding hydrogens is 591 g/mol. The number of rotatable bonds is 4. The fraction of sp³-hybridized carbons (Fsp3) is 0.209. The van der Waals surface area contributed by atoms with E-state index < -0.39 is 0 Å². The van der Waals surface area contributed by atoms with Crippen LogP contribution in [0.4, 0.5) is 0 Å². The highest BCUT2D eigenvalue weighted by Gasteiger charge is 2.25.